The minimum atomic E-state index is -0.371. The van der Waals surface area contributed by atoms with Gasteiger partial charge in [-0.25, -0.2) is 4.39 Å². The van der Waals surface area contributed by atoms with Gasteiger partial charge in [-0.2, -0.15) is 0 Å². The van der Waals surface area contributed by atoms with Crippen LogP contribution < -0.4 is 5.32 Å². The summed E-state index contributed by atoms with van der Waals surface area (Å²) in [6, 6.07) is 4.49. The zero-order chi connectivity index (χ0) is 15.5. The summed E-state index contributed by atoms with van der Waals surface area (Å²) < 4.78 is 15.6. The Morgan fingerprint density at radius 3 is 3.00 bits per heavy atom. The molecule has 3 rings (SSSR count). The molecule has 6 heteroatoms. The number of aryl methyl sites for hydroxylation is 2. The number of halogens is 1. The first-order valence-corrected chi connectivity index (χ1v) is 7.60. The maximum Gasteiger partial charge on any atom is 0.251 e. The zero-order valence-electron chi connectivity index (χ0n) is 12.6. The molecule has 2 heterocycles. The lowest BCUT2D eigenvalue weighted by atomic mass is 10.1. The second kappa shape index (κ2) is 6.25. The highest BCUT2D eigenvalue weighted by Gasteiger charge is 2.15. The molecule has 116 valence electrons. The number of benzene rings is 1. The normalized spacial score (nSPS) is 14.3. The van der Waals surface area contributed by atoms with Gasteiger partial charge in [0.15, 0.2) is 5.82 Å². The van der Waals surface area contributed by atoms with Crippen LogP contribution in [-0.4, -0.2) is 20.7 Å². The fraction of sp³-hybridized carbons (Fsp3) is 0.438. The van der Waals surface area contributed by atoms with E-state index in [0.717, 1.165) is 37.5 Å². The standard InChI is InChI=1S/C16H19FN4O/c1-11-6-7-12(9-13(11)17)16(22)18-10-15-20-19-14-5-3-2-4-8-21(14)15/h6-7,9H,2-5,8,10H2,1H3,(H,18,22). The highest BCUT2D eigenvalue weighted by Crippen LogP contribution is 2.14. The van der Waals surface area contributed by atoms with Gasteiger partial charge in [0.2, 0.25) is 0 Å². The number of fused-ring (bicyclic) bond motifs is 1. The summed E-state index contributed by atoms with van der Waals surface area (Å²) in [6.45, 7) is 2.87. The van der Waals surface area contributed by atoms with Crippen LogP contribution in [0.2, 0.25) is 0 Å². The molecule has 0 bridgehead atoms. The van der Waals surface area contributed by atoms with Crippen LogP contribution in [0.15, 0.2) is 18.2 Å². The van der Waals surface area contributed by atoms with Crippen molar-refractivity contribution < 1.29 is 9.18 Å². The Labute approximate surface area is 128 Å². The summed E-state index contributed by atoms with van der Waals surface area (Å²) in [5.41, 5.74) is 0.845. The van der Waals surface area contributed by atoms with Gasteiger partial charge in [0.1, 0.15) is 11.6 Å². The van der Waals surface area contributed by atoms with E-state index in [1.165, 1.54) is 12.5 Å². The van der Waals surface area contributed by atoms with Gasteiger partial charge in [0, 0.05) is 18.5 Å². The van der Waals surface area contributed by atoms with Crippen molar-refractivity contribution in [2.45, 2.75) is 45.7 Å². The first-order chi connectivity index (χ1) is 10.6. The molecule has 0 atom stereocenters. The van der Waals surface area contributed by atoms with Crippen molar-refractivity contribution >= 4 is 5.91 Å². The Hall–Kier alpha value is -2.24. The highest BCUT2D eigenvalue weighted by molar-refractivity contribution is 5.94. The third-order valence-electron chi connectivity index (χ3n) is 4.03. The lowest BCUT2D eigenvalue weighted by molar-refractivity contribution is 0.0949. The summed E-state index contributed by atoms with van der Waals surface area (Å²) >= 11 is 0. The van der Waals surface area contributed by atoms with E-state index < -0.39 is 0 Å². The summed E-state index contributed by atoms with van der Waals surface area (Å²) in [7, 11) is 0. The molecule has 1 aromatic heterocycles. The molecule has 1 N–H and O–H groups in total. The van der Waals surface area contributed by atoms with E-state index in [-0.39, 0.29) is 11.7 Å². The number of hydrogen-bond acceptors (Lipinski definition) is 3. The Kier molecular flexibility index (Phi) is 4.18. The van der Waals surface area contributed by atoms with E-state index in [4.69, 9.17) is 0 Å². The van der Waals surface area contributed by atoms with Crippen LogP contribution in [-0.2, 0) is 19.5 Å². The van der Waals surface area contributed by atoms with Gasteiger partial charge in [0.25, 0.3) is 5.91 Å². The highest BCUT2D eigenvalue weighted by atomic mass is 19.1. The molecule has 0 aliphatic carbocycles. The maximum absolute atomic E-state index is 13.5. The van der Waals surface area contributed by atoms with Crippen LogP contribution in [0.1, 0.15) is 46.8 Å². The number of rotatable bonds is 3. The molecule has 2 aromatic rings. The number of carbonyl (C=O) groups excluding carboxylic acids is 1. The van der Waals surface area contributed by atoms with E-state index in [1.54, 1.807) is 19.1 Å². The van der Waals surface area contributed by atoms with Crippen molar-refractivity contribution in [3.05, 3.63) is 46.8 Å². The van der Waals surface area contributed by atoms with Crippen molar-refractivity contribution in [3.8, 4) is 0 Å². The molecule has 0 saturated carbocycles. The minimum Gasteiger partial charge on any atom is -0.345 e. The van der Waals surface area contributed by atoms with E-state index in [1.807, 2.05) is 0 Å². The third-order valence-corrected chi connectivity index (χ3v) is 4.03. The molecular formula is C16H19FN4O. The number of carbonyl (C=O) groups is 1. The van der Waals surface area contributed by atoms with Crippen molar-refractivity contribution in [3.63, 3.8) is 0 Å². The van der Waals surface area contributed by atoms with Crippen molar-refractivity contribution in [1.29, 1.82) is 0 Å². The summed E-state index contributed by atoms with van der Waals surface area (Å²) in [5, 5.41) is 11.1. The van der Waals surface area contributed by atoms with Gasteiger partial charge in [-0.05, 0) is 37.5 Å². The first-order valence-electron chi connectivity index (χ1n) is 7.60. The molecule has 0 radical (unpaired) electrons. The topological polar surface area (TPSA) is 59.8 Å². The molecule has 1 aromatic carbocycles. The van der Waals surface area contributed by atoms with Crippen molar-refractivity contribution in [2.24, 2.45) is 0 Å². The molecule has 0 saturated heterocycles. The van der Waals surface area contributed by atoms with E-state index >= 15 is 0 Å². The Balaban J connectivity index is 1.68. The van der Waals surface area contributed by atoms with Crippen LogP contribution in [0.3, 0.4) is 0 Å². The average Bonchev–Trinajstić information content (AvgIpc) is 2.74. The largest absolute Gasteiger partial charge is 0.345 e. The van der Waals surface area contributed by atoms with Gasteiger partial charge in [-0.1, -0.05) is 12.5 Å². The molecular weight excluding hydrogens is 283 g/mol. The fourth-order valence-corrected chi connectivity index (χ4v) is 2.67. The molecule has 1 amide bonds. The zero-order valence-corrected chi connectivity index (χ0v) is 12.6. The molecule has 1 aliphatic heterocycles. The quantitative estimate of drug-likeness (QED) is 0.947. The van der Waals surface area contributed by atoms with Crippen LogP contribution in [0.5, 0.6) is 0 Å². The monoisotopic (exact) mass is 302 g/mol. The Bertz CT molecular complexity index is 695. The summed E-state index contributed by atoms with van der Waals surface area (Å²) in [5.74, 6) is 1.08. The third kappa shape index (κ3) is 3.00. The number of hydrogen-bond donors (Lipinski definition) is 1. The molecule has 22 heavy (non-hydrogen) atoms. The van der Waals surface area contributed by atoms with Gasteiger partial charge in [-0.15, -0.1) is 10.2 Å². The van der Waals surface area contributed by atoms with Crippen LogP contribution in [0.4, 0.5) is 4.39 Å². The van der Waals surface area contributed by atoms with E-state index in [0.29, 0.717) is 17.7 Å². The minimum absolute atomic E-state index is 0.301. The van der Waals surface area contributed by atoms with Gasteiger partial charge < -0.3 is 9.88 Å². The van der Waals surface area contributed by atoms with Crippen molar-refractivity contribution in [2.75, 3.05) is 0 Å². The molecule has 0 fully saturated rings. The Morgan fingerprint density at radius 1 is 1.32 bits per heavy atom. The molecule has 1 aliphatic rings. The fourth-order valence-electron chi connectivity index (χ4n) is 2.67. The van der Waals surface area contributed by atoms with Crippen molar-refractivity contribution in [1.82, 2.24) is 20.1 Å². The smallest absolute Gasteiger partial charge is 0.251 e. The SMILES string of the molecule is Cc1ccc(C(=O)NCc2nnc3n2CCCCC3)cc1F. The van der Waals surface area contributed by atoms with Crippen LogP contribution >= 0.6 is 0 Å². The first kappa shape index (κ1) is 14.7. The lowest BCUT2D eigenvalue weighted by Crippen LogP contribution is -2.25. The van der Waals surface area contributed by atoms with Crippen LogP contribution in [0.25, 0.3) is 0 Å². The number of amides is 1. The number of aromatic nitrogens is 3. The predicted molar refractivity (Wildman–Crippen MR) is 79.9 cm³/mol. The molecule has 0 unspecified atom stereocenters. The lowest BCUT2D eigenvalue weighted by Gasteiger charge is -2.08. The second-order valence-electron chi connectivity index (χ2n) is 5.64. The van der Waals surface area contributed by atoms with Gasteiger partial charge >= 0.3 is 0 Å². The maximum atomic E-state index is 13.5. The molecule has 5 nitrogen and oxygen atoms in total. The Morgan fingerprint density at radius 2 is 2.18 bits per heavy atom. The average molecular weight is 302 g/mol. The van der Waals surface area contributed by atoms with Gasteiger partial charge in [-0.3, -0.25) is 4.79 Å². The van der Waals surface area contributed by atoms with E-state index in [9.17, 15) is 9.18 Å². The predicted octanol–water partition coefficient (Wildman–Crippen LogP) is 2.38. The summed E-state index contributed by atoms with van der Waals surface area (Å²) in [4.78, 5) is 12.1. The number of nitrogens with zero attached hydrogens (tertiary/aromatic N) is 3. The second-order valence-corrected chi connectivity index (χ2v) is 5.64. The van der Waals surface area contributed by atoms with Gasteiger partial charge in [0.05, 0.1) is 6.54 Å². The molecule has 0 spiro atoms. The number of nitrogens with one attached hydrogen (secondary N) is 1. The van der Waals surface area contributed by atoms with Crippen LogP contribution in [0, 0.1) is 12.7 Å². The summed E-state index contributed by atoms with van der Waals surface area (Å²) in [6.07, 6.45) is 4.37. The van der Waals surface area contributed by atoms with E-state index in [2.05, 4.69) is 20.1 Å².